The fourth-order valence-electron chi connectivity index (χ4n) is 0.928. The van der Waals surface area contributed by atoms with Crippen LogP contribution in [-0.4, -0.2) is 11.9 Å². The third-order valence-electron chi connectivity index (χ3n) is 1.48. The van der Waals surface area contributed by atoms with Crippen molar-refractivity contribution in [2.24, 2.45) is 5.92 Å². The number of carbonyl (C=O) groups excluding carboxylic acids is 1. The maximum Gasteiger partial charge on any atom is 0.237 e. The van der Waals surface area contributed by atoms with Crippen molar-refractivity contribution in [3.8, 4) is 6.07 Å². The SMILES string of the molecule is CCCC(C#N)C(=O)NC(C)C. The largest absolute Gasteiger partial charge is 0.353 e. The van der Waals surface area contributed by atoms with Gasteiger partial charge in [0.05, 0.1) is 6.07 Å². The molecule has 0 bridgehead atoms. The highest BCUT2D eigenvalue weighted by molar-refractivity contribution is 5.81. The Bertz CT molecular complexity index is 181. The summed E-state index contributed by atoms with van der Waals surface area (Å²) in [7, 11) is 0. The number of amides is 1. The van der Waals surface area contributed by atoms with E-state index in [1.165, 1.54) is 0 Å². The maximum atomic E-state index is 11.2. The maximum absolute atomic E-state index is 11.2. The predicted molar refractivity (Wildman–Crippen MR) is 47.3 cm³/mol. The Kier molecular flexibility index (Phi) is 5.11. The smallest absolute Gasteiger partial charge is 0.237 e. The zero-order valence-electron chi connectivity index (χ0n) is 7.92. The highest BCUT2D eigenvalue weighted by Crippen LogP contribution is 2.04. The van der Waals surface area contributed by atoms with Gasteiger partial charge in [0.2, 0.25) is 5.91 Å². The molecule has 0 spiro atoms. The molecule has 3 nitrogen and oxygen atoms in total. The molecule has 3 heteroatoms. The van der Waals surface area contributed by atoms with E-state index in [1.807, 2.05) is 26.8 Å². The lowest BCUT2D eigenvalue weighted by Crippen LogP contribution is -2.35. The molecule has 0 fully saturated rings. The Labute approximate surface area is 73.8 Å². The molecule has 0 aromatic carbocycles. The Morgan fingerprint density at radius 1 is 1.58 bits per heavy atom. The Morgan fingerprint density at radius 2 is 2.17 bits per heavy atom. The molecule has 0 saturated carbocycles. The summed E-state index contributed by atoms with van der Waals surface area (Å²) in [6.45, 7) is 5.74. The van der Waals surface area contributed by atoms with E-state index < -0.39 is 5.92 Å². The Morgan fingerprint density at radius 3 is 2.50 bits per heavy atom. The summed E-state index contributed by atoms with van der Waals surface area (Å²) in [6.07, 6.45) is 1.51. The summed E-state index contributed by atoms with van der Waals surface area (Å²) >= 11 is 0. The van der Waals surface area contributed by atoms with Gasteiger partial charge in [0.25, 0.3) is 0 Å². The van der Waals surface area contributed by atoms with Crippen LogP contribution in [0.25, 0.3) is 0 Å². The molecule has 1 amide bonds. The van der Waals surface area contributed by atoms with Crippen LogP contribution in [0, 0.1) is 17.2 Å². The predicted octanol–water partition coefficient (Wildman–Crippen LogP) is 1.45. The van der Waals surface area contributed by atoms with Gasteiger partial charge in [-0.15, -0.1) is 0 Å². The molecule has 12 heavy (non-hydrogen) atoms. The first kappa shape index (κ1) is 11.0. The second-order valence-electron chi connectivity index (χ2n) is 3.13. The fraction of sp³-hybridized carbons (Fsp3) is 0.778. The van der Waals surface area contributed by atoms with Gasteiger partial charge in [0, 0.05) is 6.04 Å². The highest BCUT2D eigenvalue weighted by Gasteiger charge is 2.16. The van der Waals surface area contributed by atoms with E-state index in [-0.39, 0.29) is 11.9 Å². The average Bonchev–Trinajstić information content (AvgIpc) is 1.98. The van der Waals surface area contributed by atoms with Gasteiger partial charge >= 0.3 is 0 Å². The van der Waals surface area contributed by atoms with Crippen LogP contribution in [0.3, 0.4) is 0 Å². The molecule has 1 unspecified atom stereocenters. The quantitative estimate of drug-likeness (QED) is 0.690. The van der Waals surface area contributed by atoms with Crippen LogP contribution in [0.1, 0.15) is 33.6 Å². The second-order valence-corrected chi connectivity index (χ2v) is 3.13. The normalized spacial score (nSPS) is 12.2. The molecule has 0 saturated heterocycles. The average molecular weight is 168 g/mol. The van der Waals surface area contributed by atoms with Crippen LogP contribution in [0.2, 0.25) is 0 Å². The van der Waals surface area contributed by atoms with Crippen molar-refractivity contribution in [3.05, 3.63) is 0 Å². The topological polar surface area (TPSA) is 52.9 Å². The van der Waals surface area contributed by atoms with Crippen LogP contribution in [-0.2, 0) is 4.79 Å². The zero-order chi connectivity index (χ0) is 9.56. The van der Waals surface area contributed by atoms with Crippen molar-refractivity contribution in [1.29, 1.82) is 5.26 Å². The molecule has 0 aliphatic carbocycles. The van der Waals surface area contributed by atoms with E-state index in [1.54, 1.807) is 0 Å². The van der Waals surface area contributed by atoms with E-state index in [0.29, 0.717) is 6.42 Å². The molecule has 0 aliphatic heterocycles. The molecule has 0 rings (SSSR count). The molecular weight excluding hydrogens is 152 g/mol. The lowest BCUT2D eigenvalue weighted by Gasteiger charge is -2.11. The highest BCUT2D eigenvalue weighted by atomic mass is 16.1. The molecule has 0 radical (unpaired) electrons. The summed E-state index contributed by atoms with van der Waals surface area (Å²) in [5, 5.41) is 11.3. The van der Waals surface area contributed by atoms with Gasteiger partial charge in [-0.25, -0.2) is 0 Å². The van der Waals surface area contributed by atoms with Crippen molar-refractivity contribution in [2.75, 3.05) is 0 Å². The minimum absolute atomic E-state index is 0.116. The zero-order valence-corrected chi connectivity index (χ0v) is 7.92. The first-order valence-corrected chi connectivity index (χ1v) is 4.31. The number of hydrogen-bond donors (Lipinski definition) is 1. The van der Waals surface area contributed by atoms with Crippen LogP contribution >= 0.6 is 0 Å². The van der Waals surface area contributed by atoms with Crippen LogP contribution < -0.4 is 5.32 Å². The molecule has 1 N–H and O–H groups in total. The number of nitrogens with zero attached hydrogens (tertiary/aromatic N) is 1. The summed E-state index contributed by atoms with van der Waals surface area (Å²) < 4.78 is 0. The number of nitrogens with one attached hydrogen (secondary N) is 1. The number of hydrogen-bond acceptors (Lipinski definition) is 2. The molecule has 0 aromatic rings. The van der Waals surface area contributed by atoms with E-state index in [9.17, 15) is 4.79 Å². The Balaban J connectivity index is 3.96. The van der Waals surface area contributed by atoms with Crippen LogP contribution in [0.15, 0.2) is 0 Å². The second kappa shape index (κ2) is 5.59. The summed E-state index contributed by atoms with van der Waals surface area (Å²) in [4.78, 5) is 11.2. The van der Waals surface area contributed by atoms with Gasteiger partial charge in [-0.05, 0) is 20.3 Å². The van der Waals surface area contributed by atoms with E-state index >= 15 is 0 Å². The van der Waals surface area contributed by atoms with Crippen molar-refractivity contribution in [1.82, 2.24) is 5.32 Å². The summed E-state index contributed by atoms with van der Waals surface area (Å²) in [5.74, 6) is -0.619. The van der Waals surface area contributed by atoms with Crippen molar-refractivity contribution in [3.63, 3.8) is 0 Å². The van der Waals surface area contributed by atoms with Crippen LogP contribution in [0.5, 0.6) is 0 Å². The van der Waals surface area contributed by atoms with Gasteiger partial charge in [-0.3, -0.25) is 4.79 Å². The van der Waals surface area contributed by atoms with Crippen molar-refractivity contribution >= 4 is 5.91 Å². The molecule has 0 aromatic heterocycles. The molecule has 0 heterocycles. The summed E-state index contributed by atoms with van der Waals surface area (Å²) in [6, 6.07) is 2.11. The van der Waals surface area contributed by atoms with E-state index in [4.69, 9.17) is 5.26 Å². The number of carbonyl (C=O) groups is 1. The fourth-order valence-corrected chi connectivity index (χ4v) is 0.928. The standard InChI is InChI=1S/C9H16N2O/c1-4-5-8(6-10)9(12)11-7(2)3/h7-8H,4-5H2,1-3H3,(H,11,12). The number of nitriles is 1. The van der Waals surface area contributed by atoms with Crippen molar-refractivity contribution in [2.45, 2.75) is 39.7 Å². The third-order valence-corrected chi connectivity index (χ3v) is 1.48. The van der Waals surface area contributed by atoms with Gasteiger partial charge in [-0.1, -0.05) is 13.3 Å². The molecule has 0 aliphatic rings. The van der Waals surface area contributed by atoms with Gasteiger partial charge < -0.3 is 5.32 Å². The van der Waals surface area contributed by atoms with Gasteiger partial charge in [-0.2, -0.15) is 5.26 Å². The van der Waals surface area contributed by atoms with Crippen LogP contribution in [0.4, 0.5) is 0 Å². The molecule has 68 valence electrons. The molecular formula is C9H16N2O. The van der Waals surface area contributed by atoms with E-state index in [2.05, 4.69) is 5.32 Å². The minimum atomic E-state index is -0.475. The minimum Gasteiger partial charge on any atom is -0.353 e. The molecule has 1 atom stereocenters. The first-order valence-electron chi connectivity index (χ1n) is 4.31. The first-order chi connectivity index (χ1) is 5.61. The monoisotopic (exact) mass is 168 g/mol. The lowest BCUT2D eigenvalue weighted by molar-refractivity contribution is -0.124. The van der Waals surface area contributed by atoms with Gasteiger partial charge in [0.15, 0.2) is 0 Å². The van der Waals surface area contributed by atoms with Gasteiger partial charge in [0.1, 0.15) is 5.92 Å². The van der Waals surface area contributed by atoms with E-state index in [0.717, 1.165) is 6.42 Å². The summed E-state index contributed by atoms with van der Waals surface area (Å²) in [5.41, 5.74) is 0. The third kappa shape index (κ3) is 3.97. The van der Waals surface area contributed by atoms with Crippen molar-refractivity contribution < 1.29 is 4.79 Å². The Hall–Kier alpha value is -1.04. The number of rotatable bonds is 4. The lowest BCUT2D eigenvalue weighted by atomic mass is 10.0.